The topological polar surface area (TPSA) is 118 Å². The van der Waals surface area contributed by atoms with Crippen LogP contribution < -0.4 is 16.0 Å². The number of ether oxygens (including phenoxy) is 2. The molecule has 9 nitrogen and oxygen atoms in total. The first kappa shape index (κ1) is 31.9. The first-order chi connectivity index (χ1) is 16.6. The first-order valence-corrected chi connectivity index (χ1v) is 15.5. The van der Waals surface area contributed by atoms with E-state index in [0.717, 1.165) is 5.56 Å². The van der Waals surface area contributed by atoms with Gasteiger partial charge in [-0.05, 0) is 57.4 Å². The Morgan fingerprint density at radius 1 is 1.00 bits per heavy atom. The van der Waals surface area contributed by atoms with Gasteiger partial charge < -0.3 is 35.0 Å². The zero-order chi connectivity index (χ0) is 27.4. The van der Waals surface area contributed by atoms with Gasteiger partial charge in [-0.3, -0.25) is 0 Å². The molecule has 206 valence electrons. The van der Waals surface area contributed by atoms with Crippen molar-refractivity contribution in [3.8, 4) is 0 Å². The normalized spacial score (nSPS) is 14.0. The number of nitrogens with one attached hydrogen (secondary N) is 3. The minimum absolute atomic E-state index is 0.0505. The summed E-state index contributed by atoms with van der Waals surface area (Å²) in [6.45, 7) is 17.6. The molecule has 0 bridgehead atoms. The lowest BCUT2D eigenvalue weighted by Gasteiger charge is -2.37. The van der Waals surface area contributed by atoms with Crippen molar-refractivity contribution in [3.05, 3.63) is 35.9 Å². The molecule has 4 N–H and O–H groups in total. The number of carbonyl (C=O) groups excluding carboxylic acids is 2. The van der Waals surface area contributed by atoms with Crippen molar-refractivity contribution in [1.82, 2.24) is 16.0 Å². The van der Waals surface area contributed by atoms with Crippen molar-refractivity contribution in [2.24, 2.45) is 0 Å². The van der Waals surface area contributed by atoms with E-state index in [1.807, 2.05) is 30.3 Å². The van der Waals surface area contributed by atoms with E-state index in [9.17, 15) is 14.7 Å². The monoisotopic (exact) mass is 525 g/mol. The van der Waals surface area contributed by atoms with Crippen molar-refractivity contribution >= 4 is 20.5 Å². The Hall–Kier alpha value is -2.14. The zero-order valence-electron chi connectivity index (χ0n) is 23.3. The smallest absolute Gasteiger partial charge is 0.407 e. The van der Waals surface area contributed by atoms with Gasteiger partial charge in [-0.25, -0.2) is 9.59 Å². The summed E-state index contributed by atoms with van der Waals surface area (Å²) in [7, 11) is -2.00. The molecular formula is C26H47N3O6Si. The summed E-state index contributed by atoms with van der Waals surface area (Å²) >= 11 is 0. The number of alkyl carbamates (subject to hydrolysis) is 2. The van der Waals surface area contributed by atoms with E-state index < -0.39 is 32.2 Å². The molecule has 0 unspecified atom stereocenters. The molecule has 0 aromatic heterocycles. The molecule has 0 saturated carbocycles. The molecule has 1 rings (SSSR count). The zero-order valence-corrected chi connectivity index (χ0v) is 24.3. The van der Waals surface area contributed by atoms with Gasteiger partial charge in [0.05, 0.1) is 18.8 Å². The Kier molecular flexibility index (Phi) is 12.9. The van der Waals surface area contributed by atoms with Gasteiger partial charge in [-0.15, -0.1) is 0 Å². The summed E-state index contributed by atoms with van der Waals surface area (Å²) in [5.41, 5.74) is 0.321. The van der Waals surface area contributed by atoms with Gasteiger partial charge >= 0.3 is 12.2 Å². The predicted octanol–water partition coefficient (Wildman–Crippen LogP) is 4.17. The van der Waals surface area contributed by atoms with Crippen molar-refractivity contribution in [3.63, 3.8) is 0 Å². The predicted molar refractivity (Wildman–Crippen MR) is 144 cm³/mol. The van der Waals surface area contributed by atoms with E-state index in [0.29, 0.717) is 19.6 Å². The second kappa shape index (κ2) is 14.6. The average Bonchev–Trinajstić information content (AvgIpc) is 2.76. The number of aliphatic hydroxyl groups excluding tert-OH is 1. The Labute approximate surface area is 217 Å². The second-order valence-electron chi connectivity index (χ2n) is 11.5. The van der Waals surface area contributed by atoms with E-state index in [-0.39, 0.29) is 30.8 Å². The lowest BCUT2D eigenvalue weighted by atomic mass is 10.2. The van der Waals surface area contributed by atoms with Crippen molar-refractivity contribution in [2.45, 2.75) is 90.4 Å². The highest BCUT2D eigenvalue weighted by atomic mass is 28.4. The Bertz CT molecular complexity index is 793. The van der Waals surface area contributed by atoms with Gasteiger partial charge in [0.1, 0.15) is 12.2 Å². The summed E-state index contributed by atoms with van der Waals surface area (Å²) in [4.78, 5) is 24.2. The molecule has 2 amide bonds. The maximum absolute atomic E-state index is 12.4. The minimum Gasteiger partial charge on any atom is -0.445 e. The third-order valence-corrected chi connectivity index (χ3v) is 10.4. The molecule has 2 atom stereocenters. The highest BCUT2D eigenvalue weighted by Crippen LogP contribution is 2.36. The fourth-order valence-corrected chi connectivity index (χ4v) is 3.84. The molecule has 0 heterocycles. The maximum Gasteiger partial charge on any atom is 0.407 e. The molecule has 0 saturated heterocycles. The fraction of sp³-hybridized carbons (Fsp3) is 0.692. The van der Waals surface area contributed by atoms with E-state index in [2.05, 4.69) is 49.8 Å². The molecular weight excluding hydrogens is 478 g/mol. The van der Waals surface area contributed by atoms with Crippen LogP contribution >= 0.6 is 0 Å². The summed E-state index contributed by atoms with van der Waals surface area (Å²) in [6.07, 6.45) is -1.25. The van der Waals surface area contributed by atoms with Gasteiger partial charge in [-0.2, -0.15) is 0 Å². The number of amides is 2. The number of hydrogen-bond donors (Lipinski definition) is 4. The highest BCUT2D eigenvalue weighted by Gasteiger charge is 2.37. The van der Waals surface area contributed by atoms with Crippen LogP contribution in [0.25, 0.3) is 0 Å². The molecule has 10 heteroatoms. The van der Waals surface area contributed by atoms with Crippen LogP contribution in [0, 0.1) is 0 Å². The average molecular weight is 526 g/mol. The molecule has 1 aromatic carbocycles. The van der Waals surface area contributed by atoms with E-state index in [1.165, 1.54) is 0 Å². The summed E-state index contributed by atoms with van der Waals surface area (Å²) in [6, 6.07) is 9.25. The highest BCUT2D eigenvalue weighted by molar-refractivity contribution is 6.74. The van der Waals surface area contributed by atoms with Crippen molar-refractivity contribution < 1.29 is 28.6 Å². The Morgan fingerprint density at radius 3 is 2.22 bits per heavy atom. The minimum atomic E-state index is -2.00. The molecule has 0 fully saturated rings. The Balaban J connectivity index is 2.52. The SMILES string of the molecule is CC(C)(C)OC(=O)NC[C@H](O)CNCC[C@@H](CO[Si](C)(C)C(C)(C)C)NC(=O)OCc1ccccc1. The molecule has 36 heavy (non-hydrogen) atoms. The first-order valence-electron chi connectivity index (χ1n) is 12.6. The quantitative estimate of drug-likeness (QED) is 0.225. The van der Waals surface area contributed by atoms with Crippen molar-refractivity contribution in [2.75, 3.05) is 26.2 Å². The van der Waals surface area contributed by atoms with Crippen LogP contribution in [0.1, 0.15) is 53.5 Å². The summed E-state index contributed by atoms with van der Waals surface area (Å²) in [5, 5.41) is 18.8. The lowest BCUT2D eigenvalue weighted by molar-refractivity contribution is 0.0492. The number of rotatable bonds is 13. The van der Waals surface area contributed by atoms with Crippen LogP contribution in [0.3, 0.4) is 0 Å². The van der Waals surface area contributed by atoms with E-state index in [1.54, 1.807) is 20.8 Å². The standard InChI is InChI=1S/C26H47N3O6Si/c1-25(2,3)35-23(31)28-17-22(30)16-27-15-14-21(19-34-36(7,8)26(4,5)6)29-24(32)33-18-20-12-10-9-11-13-20/h9-13,21-22,27,30H,14-19H2,1-8H3,(H,28,31)(H,29,32)/t21-,22+/m0/s1. The molecule has 0 spiro atoms. The van der Waals surface area contributed by atoms with Crippen LogP contribution in [0.15, 0.2) is 30.3 Å². The van der Waals surface area contributed by atoms with Gasteiger partial charge in [0.25, 0.3) is 0 Å². The van der Waals surface area contributed by atoms with Gasteiger partial charge in [-0.1, -0.05) is 51.1 Å². The number of benzene rings is 1. The maximum atomic E-state index is 12.4. The van der Waals surface area contributed by atoms with Crippen LogP contribution in [-0.4, -0.2) is 69.6 Å². The summed E-state index contributed by atoms with van der Waals surface area (Å²) in [5.74, 6) is 0. The largest absolute Gasteiger partial charge is 0.445 e. The molecule has 0 aliphatic heterocycles. The van der Waals surface area contributed by atoms with Crippen LogP contribution in [0.5, 0.6) is 0 Å². The van der Waals surface area contributed by atoms with Crippen LogP contribution in [-0.2, 0) is 20.5 Å². The molecule has 0 aliphatic carbocycles. The third-order valence-electron chi connectivity index (χ3n) is 5.92. The Morgan fingerprint density at radius 2 is 1.64 bits per heavy atom. The fourth-order valence-electron chi connectivity index (χ4n) is 2.79. The van der Waals surface area contributed by atoms with Gasteiger partial charge in [0.15, 0.2) is 8.32 Å². The second-order valence-corrected chi connectivity index (χ2v) is 16.3. The number of hydrogen-bond acceptors (Lipinski definition) is 7. The van der Waals surface area contributed by atoms with E-state index >= 15 is 0 Å². The van der Waals surface area contributed by atoms with Crippen LogP contribution in [0.4, 0.5) is 9.59 Å². The number of carbonyl (C=O) groups is 2. The van der Waals surface area contributed by atoms with Crippen LogP contribution in [0.2, 0.25) is 18.1 Å². The van der Waals surface area contributed by atoms with Crippen molar-refractivity contribution in [1.29, 1.82) is 0 Å². The summed E-state index contributed by atoms with van der Waals surface area (Å²) < 4.78 is 16.9. The van der Waals surface area contributed by atoms with E-state index in [4.69, 9.17) is 13.9 Å². The lowest BCUT2D eigenvalue weighted by Crippen LogP contribution is -2.47. The molecule has 0 aliphatic rings. The van der Waals surface area contributed by atoms with Gasteiger partial charge in [0, 0.05) is 13.1 Å². The molecule has 0 radical (unpaired) electrons. The third kappa shape index (κ3) is 13.8. The van der Waals surface area contributed by atoms with Gasteiger partial charge in [0.2, 0.25) is 0 Å². The number of aliphatic hydroxyl groups is 1. The molecule has 1 aromatic rings.